The first-order valence-corrected chi connectivity index (χ1v) is 5.81. The van der Waals surface area contributed by atoms with Crippen LogP contribution in [0.3, 0.4) is 0 Å². The van der Waals surface area contributed by atoms with Gasteiger partial charge in [-0.2, -0.15) is 5.26 Å². The van der Waals surface area contributed by atoms with Crippen LogP contribution in [0.5, 0.6) is 0 Å². The summed E-state index contributed by atoms with van der Waals surface area (Å²) >= 11 is 9.46. The number of halogens is 2. The van der Waals surface area contributed by atoms with Crippen LogP contribution in [0.15, 0.2) is 16.6 Å². The number of nitrogens with zero attached hydrogens (tertiary/aromatic N) is 1. The molecule has 0 saturated heterocycles. The number of rotatable bonds is 3. The van der Waals surface area contributed by atoms with Crippen LogP contribution in [0.1, 0.15) is 12.5 Å². The molecule has 1 atom stereocenters. The van der Waals surface area contributed by atoms with Gasteiger partial charge in [-0.05, 0) is 47.5 Å². The van der Waals surface area contributed by atoms with Crippen molar-refractivity contribution < 1.29 is 0 Å². The molecule has 1 unspecified atom stereocenters. The molecule has 1 aromatic rings. The van der Waals surface area contributed by atoms with E-state index in [4.69, 9.17) is 16.9 Å². The molecule has 0 aliphatic rings. The molecule has 0 amide bonds. The molecule has 0 aromatic heterocycles. The van der Waals surface area contributed by atoms with Crippen LogP contribution >= 0.6 is 27.5 Å². The van der Waals surface area contributed by atoms with Crippen molar-refractivity contribution in [3.05, 3.63) is 27.2 Å². The summed E-state index contributed by atoms with van der Waals surface area (Å²) in [5, 5.41) is 12.6. The van der Waals surface area contributed by atoms with E-state index in [0.717, 1.165) is 20.7 Å². The van der Waals surface area contributed by atoms with E-state index < -0.39 is 0 Å². The third kappa shape index (κ3) is 3.40. The van der Waals surface area contributed by atoms with Gasteiger partial charge in [-0.1, -0.05) is 11.6 Å². The average Bonchev–Trinajstić information content (AvgIpc) is 2.21. The minimum atomic E-state index is -0.0167. The third-order valence-electron chi connectivity index (χ3n) is 2.07. The zero-order valence-electron chi connectivity index (χ0n) is 8.64. The zero-order chi connectivity index (χ0) is 11.4. The summed E-state index contributed by atoms with van der Waals surface area (Å²) < 4.78 is 0.967. The van der Waals surface area contributed by atoms with Gasteiger partial charge in [-0.3, -0.25) is 0 Å². The molecule has 2 nitrogen and oxygen atoms in total. The fourth-order valence-corrected chi connectivity index (χ4v) is 1.85. The summed E-state index contributed by atoms with van der Waals surface area (Å²) in [6.07, 6.45) is 0. The van der Waals surface area contributed by atoms with Crippen LogP contribution in [0, 0.1) is 24.2 Å². The SMILES string of the molecule is Cc1cc(Br)c(NCC(C)C#N)cc1Cl. The van der Waals surface area contributed by atoms with Gasteiger partial charge in [0.25, 0.3) is 0 Å². The highest BCUT2D eigenvalue weighted by molar-refractivity contribution is 9.10. The summed E-state index contributed by atoms with van der Waals surface area (Å²) in [5.41, 5.74) is 1.95. The van der Waals surface area contributed by atoms with Crippen molar-refractivity contribution in [1.29, 1.82) is 5.26 Å². The fraction of sp³-hybridized carbons (Fsp3) is 0.364. The lowest BCUT2D eigenvalue weighted by Gasteiger charge is -2.11. The molecule has 0 saturated carbocycles. The minimum Gasteiger partial charge on any atom is -0.383 e. The number of nitrogens with one attached hydrogen (secondary N) is 1. The van der Waals surface area contributed by atoms with Crippen molar-refractivity contribution in [2.45, 2.75) is 13.8 Å². The van der Waals surface area contributed by atoms with E-state index in [-0.39, 0.29) is 5.92 Å². The highest BCUT2D eigenvalue weighted by atomic mass is 79.9. The Bertz CT molecular complexity index is 398. The maximum absolute atomic E-state index is 8.65. The monoisotopic (exact) mass is 286 g/mol. The number of aryl methyl sites for hydroxylation is 1. The fourth-order valence-electron chi connectivity index (χ4n) is 1.09. The number of benzene rings is 1. The molecular formula is C11H12BrClN2. The van der Waals surface area contributed by atoms with Gasteiger partial charge < -0.3 is 5.32 Å². The topological polar surface area (TPSA) is 35.8 Å². The highest BCUT2D eigenvalue weighted by Gasteiger charge is 2.05. The molecule has 0 aliphatic heterocycles. The normalized spacial score (nSPS) is 11.9. The second-order valence-electron chi connectivity index (χ2n) is 3.49. The van der Waals surface area contributed by atoms with Crippen LogP contribution in [0.2, 0.25) is 5.02 Å². The molecule has 0 spiro atoms. The third-order valence-corrected chi connectivity index (χ3v) is 3.13. The van der Waals surface area contributed by atoms with E-state index >= 15 is 0 Å². The second kappa shape index (κ2) is 5.39. The summed E-state index contributed by atoms with van der Waals surface area (Å²) in [6.45, 7) is 4.44. The van der Waals surface area contributed by atoms with E-state index in [9.17, 15) is 0 Å². The van der Waals surface area contributed by atoms with Crippen molar-refractivity contribution in [3.63, 3.8) is 0 Å². The Labute approximate surface area is 103 Å². The van der Waals surface area contributed by atoms with E-state index in [1.54, 1.807) is 0 Å². The van der Waals surface area contributed by atoms with Gasteiger partial charge in [0.05, 0.1) is 12.0 Å². The summed E-state index contributed by atoms with van der Waals surface area (Å²) in [4.78, 5) is 0. The quantitative estimate of drug-likeness (QED) is 0.912. The number of nitriles is 1. The van der Waals surface area contributed by atoms with Crippen molar-refractivity contribution in [1.82, 2.24) is 0 Å². The summed E-state index contributed by atoms with van der Waals surface area (Å²) in [5.74, 6) is -0.0167. The van der Waals surface area contributed by atoms with Crippen molar-refractivity contribution in [2.24, 2.45) is 5.92 Å². The Morgan fingerprint density at radius 3 is 2.87 bits per heavy atom. The van der Waals surface area contributed by atoms with Crippen molar-refractivity contribution >= 4 is 33.2 Å². The zero-order valence-corrected chi connectivity index (χ0v) is 11.0. The molecular weight excluding hydrogens is 275 g/mol. The second-order valence-corrected chi connectivity index (χ2v) is 4.75. The standard InChI is InChI=1S/C11H12BrClN2/c1-7(5-14)6-15-11-4-10(13)8(2)3-9(11)12/h3-4,7,15H,6H2,1-2H3. The van der Waals surface area contributed by atoms with E-state index in [0.29, 0.717) is 6.54 Å². The minimum absolute atomic E-state index is 0.0167. The first kappa shape index (κ1) is 12.4. The molecule has 1 rings (SSSR count). The summed E-state index contributed by atoms with van der Waals surface area (Å²) in [6, 6.07) is 6.00. The number of anilines is 1. The smallest absolute Gasteiger partial charge is 0.0671 e. The van der Waals surface area contributed by atoms with E-state index in [1.807, 2.05) is 26.0 Å². The maximum Gasteiger partial charge on any atom is 0.0671 e. The molecule has 1 aromatic carbocycles. The van der Waals surface area contributed by atoms with Gasteiger partial charge in [0.15, 0.2) is 0 Å². The van der Waals surface area contributed by atoms with Crippen LogP contribution in [-0.2, 0) is 0 Å². The molecule has 0 heterocycles. The number of hydrogen-bond donors (Lipinski definition) is 1. The molecule has 4 heteroatoms. The predicted octanol–water partition coefficient (Wildman–Crippen LogP) is 3.98. The van der Waals surface area contributed by atoms with E-state index in [2.05, 4.69) is 27.3 Å². The maximum atomic E-state index is 8.65. The average molecular weight is 288 g/mol. The van der Waals surface area contributed by atoms with Gasteiger partial charge in [-0.25, -0.2) is 0 Å². The van der Waals surface area contributed by atoms with E-state index in [1.165, 1.54) is 0 Å². The first-order valence-electron chi connectivity index (χ1n) is 4.63. The van der Waals surface area contributed by atoms with Gasteiger partial charge in [0, 0.05) is 21.7 Å². The first-order chi connectivity index (χ1) is 7.04. The highest BCUT2D eigenvalue weighted by Crippen LogP contribution is 2.29. The Balaban J connectivity index is 2.78. The van der Waals surface area contributed by atoms with Gasteiger partial charge in [-0.15, -0.1) is 0 Å². The van der Waals surface area contributed by atoms with Crippen molar-refractivity contribution in [3.8, 4) is 6.07 Å². The molecule has 0 fully saturated rings. The predicted molar refractivity (Wildman–Crippen MR) is 67.2 cm³/mol. The number of hydrogen-bond acceptors (Lipinski definition) is 2. The molecule has 80 valence electrons. The lowest BCUT2D eigenvalue weighted by atomic mass is 10.2. The Morgan fingerprint density at radius 2 is 2.27 bits per heavy atom. The summed E-state index contributed by atoms with van der Waals surface area (Å²) in [7, 11) is 0. The molecule has 15 heavy (non-hydrogen) atoms. The van der Waals surface area contributed by atoms with Gasteiger partial charge >= 0.3 is 0 Å². The lowest BCUT2D eigenvalue weighted by Crippen LogP contribution is -2.09. The van der Waals surface area contributed by atoms with Crippen LogP contribution in [0.4, 0.5) is 5.69 Å². The van der Waals surface area contributed by atoms with Crippen LogP contribution in [0.25, 0.3) is 0 Å². The Kier molecular flexibility index (Phi) is 4.44. The Hall–Kier alpha value is -0.720. The lowest BCUT2D eigenvalue weighted by molar-refractivity contribution is 0.786. The Morgan fingerprint density at radius 1 is 1.60 bits per heavy atom. The molecule has 0 aliphatic carbocycles. The van der Waals surface area contributed by atoms with Crippen molar-refractivity contribution in [2.75, 3.05) is 11.9 Å². The largest absolute Gasteiger partial charge is 0.383 e. The van der Waals surface area contributed by atoms with Crippen LogP contribution in [-0.4, -0.2) is 6.54 Å². The molecule has 0 radical (unpaired) electrons. The molecule has 1 N–H and O–H groups in total. The van der Waals surface area contributed by atoms with Gasteiger partial charge in [0.2, 0.25) is 0 Å². The molecule has 0 bridgehead atoms. The van der Waals surface area contributed by atoms with Crippen LogP contribution < -0.4 is 5.32 Å². The van der Waals surface area contributed by atoms with Gasteiger partial charge in [0.1, 0.15) is 0 Å².